The van der Waals surface area contributed by atoms with Gasteiger partial charge in [0.05, 0.1) is 18.2 Å². The van der Waals surface area contributed by atoms with E-state index in [0.717, 1.165) is 12.3 Å². The second kappa shape index (κ2) is 5.09. The number of carbonyl (C=O) groups excluding carboxylic acids is 2. The summed E-state index contributed by atoms with van der Waals surface area (Å²) in [5, 5.41) is 10.6. The van der Waals surface area contributed by atoms with Gasteiger partial charge in [-0.3, -0.25) is 14.9 Å². The Balaban J connectivity index is 2.18. The number of esters is 1. The molecule has 1 aromatic heterocycles. The Hall–Kier alpha value is -2.38. The van der Waals surface area contributed by atoms with Crippen LogP contribution in [0.15, 0.2) is 12.3 Å². The predicted molar refractivity (Wildman–Crippen MR) is 63.5 cm³/mol. The summed E-state index contributed by atoms with van der Waals surface area (Å²) in [6.07, 6.45) is 2.39. The molecule has 0 radical (unpaired) electrons. The Labute approximate surface area is 108 Å². The number of likely N-dealkylation sites (tertiary alicyclic amines) is 1. The van der Waals surface area contributed by atoms with E-state index in [1.54, 1.807) is 0 Å². The average molecular weight is 267 g/mol. The Bertz CT molecular complexity index is 524. The summed E-state index contributed by atoms with van der Waals surface area (Å²) in [6, 6.07) is 0.550. The van der Waals surface area contributed by atoms with E-state index in [1.165, 1.54) is 12.0 Å². The molecule has 1 amide bonds. The third kappa shape index (κ3) is 2.42. The van der Waals surface area contributed by atoms with Gasteiger partial charge in [-0.15, -0.1) is 0 Å². The van der Waals surface area contributed by atoms with E-state index in [9.17, 15) is 19.7 Å². The van der Waals surface area contributed by atoms with Gasteiger partial charge in [-0.2, -0.15) is 0 Å². The zero-order valence-corrected chi connectivity index (χ0v) is 10.3. The number of aromatic amines is 1. The first-order chi connectivity index (χ1) is 9.04. The van der Waals surface area contributed by atoms with Gasteiger partial charge in [-0.25, -0.2) is 4.79 Å². The van der Waals surface area contributed by atoms with E-state index in [4.69, 9.17) is 0 Å². The second-order valence-corrected chi connectivity index (χ2v) is 4.21. The molecule has 8 nitrogen and oxygen atoms in total. The van der Waals surface area contributed by atoms with Crippen molar-refractivity contribution in [3.05, 3.63) is 28.1 Å². The van der Waals surface area contributed by atoms with E-state index >= 15 is 0 Å². The first kappa shape index (κ1) is 13.1. The molecule has 1 saturated heterocycles. The molecule has 1 atom stereocenters. The normalized spacial score (nSPS) is 18.4. The molecule has 0 aliphatic carbocycles. The molecule has 0 spiro atoms. The standard InChI is InChI=1S/C11H13N3O5/c1-19-11(16)9-3-2-4-13(9)10(15)8-5-7(6-12-8)14(17)18/h5-6,9,12H,2-4H2,1H3. The van der Waals surface area contributed by atoms with Crippen LogP contribution in [0.1, 0.15) is 23.3 Å². The number of nitrogens with one attached hydrogen (secondary N) is 1. The average Bonchev–Trinajstić information content (AvgIpc) is 3.05. The number of carbonyl (C=O) groups is 2. The zero-order valence-electron chi connectivity index (χ0n) is 10.3. The van der Waals surface area contributed by atoms with Crippen LogP contribution in [-0.4, -0.2) is 46.4 Å². The Morgan fingerprint density at radius 3 is 2.89 bits per heavy atom. The molecule has 19 heavy (non-hydrogen) atoms. The molecule has 1 N–H and O–H groups in total. The number of ether oxygens (including phenoxy) is 1. The smallest absolute Gasteiger partial charge is 0.328 e. The van der Waals surface area contributed by atoms with E-state index in [-0.39, 0.29) is 11.4 Å². The Kier molecular flexibility index (Phi) is 3.50. The van der Waals surface area contributed by atoms with Crippen molar-refractivity contribution in [3.63, 3.8) is 0 Å². The summed E-state index contributed by atoms with van der Waals surface area (Å²) in [5.41, 5.74) is -0.0836. The fourth-order valence-electron chi connectivity index (χ4n) is 2.16. The minimum Gasteiger partial charge on any atom is -0.467 e. The first-order valence-electron chi connectivity index (χ1n) is 5.76. The monoisotopic (exact) mass is 267 g/mol. The molecule has 8 heteroatoms. The van der Waals surface area contributed by atoms with Crippen molar-refractivity contribution in [1.29, 1.82) is 0 Å². The summed E-state index contributed by atoms with van der Waals surface area (Å²) < 4.78 is 4.64. The number of nitrogens with zero attached hydrogens (tertiary/aromatic N) is 2. The lowest BCUT2D eigenvalue weighted by atomic mass is 10.2. The molecule has 1 aliphatic rings. The van der Waals surface area contributed by atoms with Crippen molar-refractivity contribution < 1.29 is 19.2 Å². The van der Waals surface area contributed by atoms with Crippen molar-refractivity contribution in [3.8, 4) is 0 Å². The number of nitro groups is 1. The van der Waals surface area contributed by atoms with Gasteiger partial charge >= 0.3 is 5.97 Å². The number of hydrogen-bond acceptors (Lipinski definition) is 5. The lowest BCUT2D eigenvalue weighted by Crippen LogP contribution is -2.41. The molecule has 1 aromatic rings. The van der Waals surface area contributed by atoms with Gasteiger partial charge in [0.1, 0.15) is 11.7 Å². The van der Waals surface area contributed by atoms with Crippen molar-refractivity contribution in [1.82, 2.24) is 9.88 Å². The van der Waals surface area contributed by atoms with Crippen LogP contribution in [0.5, 0.6) is 0 Å². The summed E-state index contributed by atoms with van der Waals surface area (Å²) in [4.78, 5) is 37.6. The third-order valence-electron chi connectivity index (χ3n) is 3.10. The molecule has 1 unspecified atom stereocenters. The molecule has 0 aromatic carbocycles. The Morgan fingerprint density at radius 1 is 1.58 bits per heavy atom. The number of aromatic nitrogens is 1. The maximum Gasteiger partial charge on any atom is 0.328 e. The molecule has 1 fully saturated rings. The van der Waals surface area contributed by atoms with Crippen molar-refractivity contribution in [2.45, 2.75) is 18.9 Å². The zero-order chi connectivity index (χ0) is 14.0. The van der Waals surface area contributed by atoms with E-state index < -0.39 is 22.8 Å². The maximum atomic E-state index is 12.2. The number of amides is 1. The largest absolute Gasteiger partial charge is 0.467 e. The summed E-state index contributed by atoms with van der Waals surface area (Å²) in [6.45, 7) is 0.436. The molecule has 0 bridgehead atoms. The summed E-state index contributed by atoms with van der Waals surface area (Å²) >= 11 is 0. The highest BCUT2D eigenvalue weighted by molar-refractivity contribution is 5.96. The molecular weight excluding hydrogens is 254 g/mol. The second-order valence-electron chi connectivity index (χ2n) is 4.21. The quantitative estimate of drug-likeness (QED) is 0.493. The van der Waals surface area contributed by atoms with Gasteiger partial charge in [-0.1, -0.05) is 0 Å². The Morgan fingerprint density at radius 2 is 2.32 bits per heavy atom. The highest BCUT2D eigenvalue weighted by Gasteiger charge is 2.36. The van der Waals surface area contributed by atoms with Gasteiger partial charge < -0.3 is 14.6 Å². The first-order valence-corrected chi connectivity index (χ1v) is 5.76. The number of methoxy groups -OCH3 is 1. The lowest BCUT2D eigenvalue weighted by Gasteiger charge is -2.21. The van der Waals surface area contributed by atoms with Gasteiger partial charge in [-0.05, 0) is 12.8 Å². The van der Waals surface area contributed by atoms with Crippen LogP contribution >= 0.6 is 0 Å². The van der Waals surface area contributed by atoms with Crippen LogP contribution in [0, 0.1) is 10.1 Å². The fraction of sp³-hybridized carbons (Fsp3) is 0.455. The van der Waals surface area contributed by atoms with Crippen LogP contribution < -0.4 is 0 Å². The number of rotatable bonds is 3. The third-order valence-corrected chi connectivity index (χ3v) is 3.10. The molecule has 2 rings (SSSR count). The summed E-state index contributed by atoms with van der Waals surface area (Å²) in [5.74, 6) is -0.895. The van der Waals surface area contributed by atoms with Gasteiger partial charge in [0, 0.05) is 12.6 Å². The molecule has 102 valence electrons. The van der Waals surface area contributed by atoms with Gasteiger partial charge in [0.25, 0.3) is 11.6 Å². The van der Waals surface area contributed by atoms with Crippen LogP contribution in [0.3, 0.4) is 0 Å². The summed E-state index contributed by atoms with van der Waals surface area (Å²) in [7, 11) is 1.27. The van der Waals surface area contributed by atoms with Gasteiger partial charge in [0.2, 0.25) is 0 Å². The van der Waals surface area contributed by atoms with Crippen molar-refractivity contribution >= 4 is 17.6 Å². The highest BCUT2D eigenvalue weighted by atomic mass is 16.6. The van der Waals surface area contributed by atoms with Crippen LogP contribution in [-0.2, 0) is 9.53 Å². The van der Waals surface area contributed by atoms with E-state index in [0.29, 0.717) is 19.4 Å². The number of H-pyrrole nitrogens is 1. The lowest BCUT2D eigenvalue weighted by molar-refractivity contribution is -0.384. The SMILES string of the molecule is COC(=O)C1CCCN1C(=O)c1cc([N+](=O)[O-])c[nH]1. The minimum absolute atomic E-state index is 0.0995. The van der Waals surface area contributed by atoms with Gasteiger partial charge in [0.15, 0.2) is 0 Å². The van der Waals surface area contributed by atoms with Crippen LogP contribution in [0.2, 0.25) is 0 Å². The van der Waals surface area contributed by atoms with E-state index in [2.05, 4.69) is 9.72 Å². The van der Waals surface area contributed by atoms with Crippen molar-refractivity contribution in [2.75, 3.05) is 13.7 Å². The molecular formula is C11H13N3O5. The minimum atomic E-state index is -0.611. The maximum absolute atomic E-state index is 12.2. The van der Waals surface area contributed by atoms with Crippen molar-refractivity contribution in [2.24, 2.45) is 0 Å². The topological polar surface area (TPSA) is 106 Å². The highest BCUT2D eigenvalue weighted by Crippen LogP contribution is 2.22. The fourth-order valence-corrected chi connectivity index (χ4v) is 2.16. The van der Waals surface area contributed by atoms with Crippen LogP contribution in [0.25, 0.3) is 0 Å². The molecule has 0 saturated carbocycles. The van der Waals surface area contributed by atoms with Crippen LogP contribution in [0.4, 0.5) is 5.69 Å². The number of hydrogen-bond donors (Lipinski definition) is 1. The predicted octanol–water partition coefficient (Wildman–Crippen LogP) is 0.700. The van der Waals surface area contributed by atoms with E-state index in [1.807, 2.05) is 0 Å². The molecule has 1 aliphatic heterocycles. The molecule has 2 heterocycles.